The van der Waals surface area contributed by atoms with Gasteiger partial charge in [0.25, 0.3) is 0 Å². The lowest BCUT2D eigenvalue weighted by Crippen LogP contribution is -2.58. The van der Waals surface area contributed by atoms with Crippen LogP contribution in [0.2, 0.25) is 10.0 Å². The van der Waals surface area contributed by atoms with Crippen molar-refractivity contribution in [1.29, 1.82) is 0 Å². The van der Waals surface area contributed by atoms with Crippen LogP contribution in [0.3, 0.4) is 0 Å². The molecule has 4 saturated heterocycles. The Morgan fingerprint density at radius 3 is 1.29 bits per heavy atom. The fourth-order valence-corrected chi connectivity index (χ4v) is 21.1. The molecular formula is C110H109Cl2F5N24O8S. The predicted octanol–water partition coefficient (Wildman–Crippen LogP) is 17.3. The minimum atomic E-state index is -0.749. The van der Waals surface area contributed by atoms with Crippen molar-refractivity contribution < 1.29 is 41.1 Å². The quantitative estimate of drug-likeness (QED) is 0.0536. The van der Waals surface area contributed by atoms with Gasteiger partial charge in [0, 0.05) is 144 Å². The van der Waals surface area contributed by atoms with Crippen molar-refractivity contribution in [2.45, 2.75) is 144 Å². The number of carbonyl (C=O) groups is 4. The lowest BCUT2D eigenvalue weighted by molar-refractivity contribution is -0.127. The average Bonchev–Trinajstić information content (AvgIpc) is 1.16. The zero-order valence-electron chi connectivity index (χ0n) is 84.7. The number of amides is 4. The van der Waals surface area contributed by atoms with Crippen molar-refractivity contribution in [2.75, 3.05) is 98.1 Å². The first kappa shape index (κ1) is 106. The van der Waals surface area contributed by atoms with Crippen molar-refractivity contribution in [1.82, 2.24) is 97.7 Å². The summed E-state index contributed by atoms with van der Waals surface area (Å²) in [5.74, 6) is -1.25. The third-order valence-corrected chi connectivity index (χ3v) is 28.7. The molecular weight excluding hydrogens is 1980 g/mol. The van der Waals surface area contributed by atoms with Gasteiger partial charge in [-0.15, -0.1) is 11.3 Å². The molecule has 4 atom stereocenters. The van der Waals surface area contributed by atoms with Crippen molar-refractivity contribution >= 4 is 126 Å². The van der Waals surface area contributed by atoms with E-state index < -0.39 is 51.8 Å². The highest BCUT2D eigenvalue weighted by molar-refractivity contribution is 7.12. The monoisotopic (exact) mass is 2090 g/mol. The van der Waals surface area contributed by atoms with E-state index in [1.165, 1.54) is 96.4 Å². The Kier molecular flexibility index (Phi) is 31.2. The van der Waals surface area contributed by atoms with Crippen molar-refractivity contribution in [3.05, 3.63) is 317 Å². The van der Waals surface area contributed by atoms with Gasteiger partial charge in [-0.05, 0) is 199 Å². The van der Waals surface area contributed by atoms with Gasteiger partial charge in [-0.25, -0.2) is 89.3 Å². The molecule has 0 radical (unpaired) electrons. The van der Waals surface area contributed by atoms with E-state index >= 15 is 4.39 Å². The fourth-order valence-electron chi connectivity index (χ4n) is 19.7. The highest BCUT2D eigenvalue weighted by Gasteiger charge is 2.40. The standard InChI is InChI=1S/C29H28ClFN6O2.C28H26F2N6O2.C27H24ClFN6O2S.C26H31FN6O2/c1-5-23(38)35-12-14-36(15-13-35)27-20-16-21(30)25(19-8-6-7-9-22(19)31)33-28(20)37(29(39)34-27)26-18(4)10-11-32-24(26)17(2)3;1-4-18-9-8-12-31-25(18)36-27-20(15-22(30)24(32-27)19-10-6-7-11-21(19)29)26(33-28(36)38)35-14-13-34(16-17(35)3)23(37)5-2;1-3-21(36)33-10-11-34(15(2)13-33)24-18-12-19(28)23(17-6-4-5-7-20(17)29)31-25(18)35(27(37)32-24)26-22(16-8-9-16)30-14-38-26;1-8-21(34)31-12-16(5)32(17(6)13-31)25-19-11-20(27)18(7)29-24(19)33(26(35)30-25)23-15(4)9-10-28-22(23)14(2)3/h5-11,16-17H,1,12-15H2,2-4H3;5-12,15,17H,2,4,13-14,16H2,1,3H3;3-7,12,14-16H,1,8-11,13H2,2H3;8-11,14,16-17H,1,12-13H2,2-7H3/t;17-;15-;16-,17-/m.000/s1. The van der Waals surface area contributed by atoms with Gasteiger partial charge in [0.2, 0.25) is 23.6 Å². The molecule has 40 heteroatoms. The summed E-state index contributed by atoms with van der Waals surface area (Å²) in [6.07, 6.45) is 12.7. The summed E-state index contributed by atoms with van der Waals surface area (Å²) in [7, 11) is 0. The lowest BCUT2D eigenvalue weighted by Gasteiger charge is -2.45. The smallest absolute Gasteiger partial charge is 0.352 e. The number of halogens is 7. The molecule has 5 fully saturated rings. The number of benzene rings is 3. The van der Waals surface area contributed by atoms with Gasteiger partial charge in [0.15, 0.2) is 22.6 Å². The highest BCUT2D eigenvalue weighted by Crippen LogP contribution is 2.46. The Balaban J connectivity index is 0.000000136. The molecule has 16 heterocycles. The van der Waals surface area contributed by atoms with Crippen LogP contribution in [0.15, 0.2) is 215 Å². The van der Waals surface area contributed by atoms with Crippen LogP contribution in [0.5, 0.6) is 0 Å². The highest BCUT2D eigenvalue weighted by atomic mass is 35.5. The van der Waals surface area contributed by atoms with E-state index in [4.69, 9.17) is 33.2 Å². The minimum Gasteiger partial charge on any atom is -0.352 e. The topological polar surface area (TPSA) is 337 Å². The normalized spacial score (nSPS) is 16.3. The molecule has 150 heavy (non-hydrogen) atoms. The molecule has 12 aromatic heterocycles. The molecule has 20 rings (SSSR count). The number of nitrogens with zero attached hydrogens (tertiary/aromatic N) is 24. The lowest BCUT2D eigenvalue weighted by atomic mass is 10.0. The van der Waals surface area contributed by atoms with E-state index in [0.29, 0.717) is 169 Å². The predicted molar refractivity (Wildman–Crippen MR) is 574 cm³/mol. The number of hydrogen-bond donors (Lipinski definition) is 0. The second-order valence-electron chi connectivity index (χ2n) is 38.0. The number of pyridine rings is 7. The number of hydrogen-bond acceptors (Lipinski definition) is 25. The molecule has 15 aromatic rings. The number of aryl methyl sites for hydroxylation is 4. The summed E-state index contributed by atoms with van der Waals surface area (Å²) in [5.41, 5.74) is 7.50. The molecule has 5 aliphatic rings. The van der Waals surface area contributed by atoms with Gasteiger partial charge >= 0.3 is 22.8 Å². The second-order valence-corrected chi connectivity index (χ2v) is 39.6. The van der Waals surface area contributed by atoms with Crippen LogP contribution in [0.25, 0.3) is 100 Å². The van der Waals surface area contributed by atoms with Crippen LogP contribution in [0.4, 0.5) is 45.2 Å². The van der Waals surface area contributed by atoms with Crippen LogP contribution in [-0.2, 0) is 25.6 Å². The van der Waals surface area contributed by atoms with E-state index in [-0.39, 0.29) is 126 Å². The molecule has 0 N–H and O–H groups in total. The maximum atomic E-state index is 15.6. The largest absolute Gasteiger partial charge is 0.357 e. The zero-order valence-corrected chi connectivity index (χ0v) is 87.0. The first-order chi connectivity index (χ1) is 71.9. The van der Waals surface area contributed by atoms with Crippen molar-refractivity contribution in [3.8, 4) is 56.0 Å². The summed E-state index contributed by atoms with van der Waals surface area (Å²) in [4.78, 5) is 173. The van der Waals surface area contributed by atoms with Crippen molar-refractivity contribution in [3.63, 3.8) is 0 Å². The summed E-state index contributed by atoms with van der Waals surface area (Å²) >= 11 is 14.8. The van der Waals surface area contributed by atoms with Crippen LogP contribution in [0.1, 0.15) is 132 Å². The summed E-state index contributed by atoms with van der Waals surface area (Å²) < 4.78 is 80.4. The van der Waals surface area contributed by atoms with Gasteiger partial charge < -0.3 is 39.2 Å². The minimum absolute atomic E-state index is 0.00957. The number of thiazole rings is 1. The molecule has 0 unspecified atom stereocenters. The van der Waals surface area contributed by atoms with E-state index in [1.54, 1.807) is 111 Å². The van der Waals surface area contributed by atoms with Gasteiger partial charge in [0.1, 0.15) is 68.9 Å². The number of rotatable bonds is 19. The van der Waals surface area contributed by atoms with E-state index in [2.05, 4.69) is 76.2 Å². The second kappa shape index (κ2) is 44.3. The molecule has 772 valence electrons. The SMILES string of the molecule is C=CC(=O)N1CCN(c2nc(=O)n(-c3c(C)ccnc3C(C)C)c3nc(-c4ccccc4F)c(Cl)cc23)CC1.C=CC(=O)N1CCN(c2nc(=O)n(-c3ncccc3CC)c3nc(-c4ccccc4F)c(F)cc23)[C@@H](C)C1.C=CC(=O)N1CCN(c2nc(=O)n(-c3scnc3C3CC3)c3nc(-c4ccccc4F)c(Cl)cc23)[C@@H](C)C1.C=CC(=O)N1C[C@H](C)N(c2nc(=O)n(-c3c(C)ccnc3C(C)C)c3nc(C)c(F)cc23)[C@@H](C)C1. The first-order valence-corrected chi connectivity index (χ1v) is 50.9. The van der Waals surface area contributed by atoms with Crippen LogP contribution >= 0.6 is 34.5 Å². The Hall–Kier alpha value is -15.8. The molecule has 32 nitrogen and oxygen atoms in total. The van der Waals surface area contributed by atoms with Gasteiger partial charge in [-0.3, -0.25) is 29.1 Å². The van der Waals surface area contributed by atoms with Gasteiger partial charge in [-0.1, -0.05) is 127 Å². The molecule has 1 aliphatic carbocycles. The third-order valence-electron chi connectivity index (χ3n) is 27.3. The maximum absolute atomic E-state index is 15.6. The number of anilines is 4. The third kappa shape index (κ3) is 20.7. The summed E-state index contributed by atoms with van der Waals surface area (Å²) in [6, 6.07) is 30.9. The number of carbonyl (C=O) groups excluding carboxylic acids is 4. The van der Waals surface area contributed by atoms with Crippen LogP contribution in [-0.4, -0.2) is 224 Å². The Bertz CT molecular complexity index is 8180. The van der Waals surface area contributed by atoms with Crippen molar-refractivity contribution in [2.24, 2.45) is 0 Å². The molecule has 0 bridgehead atoms. The van der Waals surface area contributed by atoms with Gasteiger partial charge in [-0.2, -0.15) is 19.9 Å². The number of piperazine rings is 4. The Morgan fingerprint density at radius 1 is 0.413 bits per heavy atom. The zero-order chi connectivity index (χ0) is 107. The Morgan fingerprint density at radius 2 is 0.813 bits per heavy atom. The molecule has 0 spiro atoms. The van der Waals surface area contributed by atoms with Crippen LogP contribution < -0.4 is 42.4 Å². The van der Waals surface area contributed by atoms with E-state index in [1.807, 2.05) is 114 Å². The van der Waals surface area contributed by atoms with Gasteiger partial charge in [0.05, 0.1) is 82.6 Å². The first-order valence-electron chi connectivity index (χ1n) is 49.2. The summed E-state index contributed by atoms with van der Waals surface area (Å²) in [6.45, 7) is 42.6. The molecule has 1 saturated carbocycles. The fraction of sp³-hybridized carbons (Fsp3) is 0.309. The van der Waals surface area contributed by atoms with E-state index in [9.17, 15) is 55.9 Å². The molecule has 4 amide bonds. The number of aromatic nitrogens is 16. The maximum Gasteiger partial charge on any atom is 0.357 e. The Labute approximate surface area is 874 Å². The van der Waals surface area contributed by atoms with E-state index in [0.717, 1.165) is 40.9 Å². The van der Waals surface area contributed by atoms with Crippen LogP contribution in [0, 0.1) is 49.9 Å². The molecule has 3 aromatic carbocycles. The summed E-state index contributed by atoms with van der Waals surface area (Å²) in [5, 5.41) is 2.98. The molecule has 4 aliphatic heterocycles. The number of fused-ring (bicyclic) bond motifs is 4. The average molecular weight is 2090 g/mol.